The molecule has 1 heterocycles. The first-order valence-electron chi connectivity index (χ1n) is 9.80. The molecule has 2 aromatic rings. The molecule has 1 aliphatic heterocycles. The molecule has 1 saturated heterocycles. The molecular weight excluding hydrogens is 424 g/mol. The number of aryl methyl sites for hydroxylation is 1. The third kappa shape index (κ3) is 5.06. The van der Waals surface area contributed by atoms with Gasteiger partial charge >= 0.3 is 0 Å². The van der Waals surface area contributed by atoms with E-state index in [2.05, 4.69) is 15.5 Å². The van der Waals surface area contributed by atoms with E-state index in [1.165, 1.54) is 20.2 Å². The fourth-order valence-electron chi connectivity index (χ4n) is 3.42. The highest BCUT2D eigenvalue weighted by Crippen LogP contribution is 2.31. The van der Waals surface area contributed by atoms with Gasteiger partial charge in [-0.25, -0.2) is 12.7 Å². The molecule has 162 valence electrons. The molecule has 0 aromatic heterocycles. The summed E-state index contributed by atoms with van der Waals surface area (Å²) in [5.41, 5.74) is 2.88. The summed E-state index contributed by atoms with van der Waals surface area (Å²) in [5.74, 6) is -0.278. The summed E-state index contributed by atoms with van der Waals surface area (Å²) in [7, 11) is -0.637. The third-order valence-electron chi connectivity index (χ3n) is 5.08. The molecule has 1 fully saturated rings. The molecule has 0 saturated carbocycles. The van der Waals surface area contributed by atoms with Crippen LogP contribution in [-0.4, -0.2) is 52.4 Å². The molecule has 0 atom stereocenters. The van der Waals surface area contributed by atoms with E-state index < -0.39 is 10.0 Å². The highest BCUT2D eigenvalue weighted by atomic mass is 35.5. The summed E-state index contributed by atoms with van der Waals surface area (Å²) in [4.78, 5) is 14.9. The number of halogens is 1. The van der Waals surface area contributed by atoms with Gasteiger partial charge in [-0.3, -0.25) is 4.79 Å². The van der Waals surface area contributed by atoms with E-state index >= 15 is 0 Å². The number of carbonyl (C=O) groups excluding carboxylic acids is 1. The number of hydrogen-bond acceptors (Lipinski definition) is 5. The lowest BCUT2D eigenvalue weighted by Gasteiger charge is -2.22. The number of nitrogens with one attached hydrogen (secondary N) is 2. The summed E-state index contributed by atoms with van der Waals surface area (Å²) >= 11 is 6.15. The minimum absolute atomic E-state index is 0.0326. The number of benzene rings is 2. The van der Waals surface area contributed by atoms with Gasteiger partial charge in [0.25, 0.3) is 0 Å². The van der Waals surface area contributed by atoms with Crippen LogP contribution in [0.4, 0.5) is 17.1 Å². The van der Waals surface area contributed by atoms with Crippen molar-refractivity contribution in [2.24, 2.45) is 0 Å². The number of rotatable bonds is 7. The Hall–Kier alpha value is -2.29. The van der Waals surface area contributed by atoms with Gasteiger partial charge in [-0.1, -0.05) is 17.7 Å². The maximum atomic E-state index is 12.5. The Morgan fingerprint density at radius 2 is 1.83 bits per heavy atom. The van der Waals surface area contributed by atoms with Crippen molar-refractivity contribution in [2.75, 3.05) is 49.3 Å². The zero-order valence-electron chi connectivity index (χ0n) is 17.4. The second-order valence-corrected chi connectivity index (χ2v) is 10.1. The van der Waals surface area contributed by atoms with Crippen molar-refractivity contribution in [2.45, 2.75) is 24.7 Å². The van der Waals surface area contributed by atoms with Gasteiger partial charge in [0.1, 0.15) is 0 Å². The van der Waals surface area contributed by atoms with Crippen molar-refractivity contribution in [1.82, 2.24) is 4.31 Å². The number of hydrogen-bond donors (Lipinski definition) is 2. The van der Waals surface area contributed by atoms with Gasteiger partial charge in [0.2, 0.25) is 15.9 Å². The largest absolute Gasteiger partial charge is 0.374 e. The second-order valence-electron chi connectivity index (χ2n) is 7.53. The average Bonchev–Trinajstić information content (AvgIpc) is 3.22. The van der Waals surface area contributed by atoms with Crippen molar-refractivity contribution < 1.29 is 13.2 Å². The van der Waals surface area contributed by atoms with Gasteiger partial charge in [0, 0.05) is 37.9 Å². The van der Waals surface area contributed by atoms with Gasteiger partial charge in [0.15, 0.2) is 0 Å². The minimum Gasteiger partial charge on any atom is -0.374 e. The lowest BCUT2D eigenvalue weighted by molar-refractivity contribution is -0.114. The number of anilines is 3. The van der Waals surface area contributed by atoms with Crippen LogP contribution in [0.5, 0.6) is 0 Å². The Morgan fingerprint density at radius 1 is 1.13 bits per heavy atom. The monoisotopic (exact) mass is 450 g/mol. The number of carbonyl (C=O) groups is 1. The third-order valence-corrected chi connectivity index (χ3v) is 7.27. The normalized spacial score (nSPS) is 14.2. The predicted molar refractivity (Wildman–Crippen MR) is 122 cm³/mol. The van der Waals surface area contributed by atoms with Crippen molar-refractivity contribution in [1.29, 1.82) is 0 Å². The smallest absolute Gasteiger partial charge is 0.243 e. The zero-order chi connectivity index (χ0) is 21.9. The fraction of sp³-hybridized carbons (Fsp3) is 0.381. The van der Waals surface area contributed by atoms with E-state index in [1.54, 1.807) is 19.1 Å². The predicted octanol–water partition coefficient (Wildman–Crippen LogP) is 3.55. The van der Waals surface area contributed by atoms with Gasteiger partial charge in [-0.2, -0.15) is 0 Å². The van der Waals surface area contributed by atoms with Crippen LogP contribution in [0.25, 0.3) is 0 Å². The first kappa shape index (κ1) is 22.4. The molecule has 0 unspecified atom stereocenters. The Morgan fingerprint density at radius 3 is 2.50 bits per heavy atom. The van der Waals surface area contributed by atoms with Crippen LogP contribution in [0.2, 0.25) is 5.02 Å². The van der Waals surface area contributed by atoms with Crippen molar-refractivity contribution in [3.05, 3.63) is 47.0 Å². The first-order chi connectivity index (χ1) is 14.2. The van der Waals surface area contributed by atoms with E-state index in [0.29, 0.717) is 16.3 Å². The van der Waals surface area contributed by atoms with E-state index in [1.807, 2.05) is 18.2 Å². The second kappa shape index (κ2) is 9.24. The Balaban J connectivity index is 1.71. The minimum atomic E-state index is -3.59. The molecule has 30 heavy (non-hydrogen) atoms. The molecule has 7 nitrogen and oxygen atoms in total. The van der Waals surface area contributed by atoms with Gasteiger partial charge in [-0.15, -0.1) is 0 Å². The van der Waals surface area contributed by atoms with Gasteiger partial charge in [0.05, 0.1) is 22.8 Å². The van der Waals surface area contributed by atoms with Crippen LogP contribution >= 0.6 is 11.6 Å². The van der Waals surface area contributed by atoms with Crippen molar-refractivity contribution in [3.8, 4) is 0 Å². The molecule has 2 aromatic carbocycles. The molecule has 0 aliphatic carbocycles. The molecule has 3 rings (SSSR count). The molecule has 9 heteroatoms. The summed E-state index contributed by atoms with van der Waals surface area (Å²) in [6.07, 6.45) is 2.29. The molecule has 0 bridgehead atoms. The lowest BCUT2D eigenvalue weighted by Crippen LogP contribution is -2.25. The highest BCUT2D eigenvalue weighted by Gasteiger charge is 2.21. The van der Waals surface area contributed by atoms with Crippen LogP contribution < -0.4 is 15.5 Å². The van der Waals surface area contributed by atoms with Crippen LogP contribution in [0.15, 0.2) is 41.3 Å². The molecule has 0 spiro atoms. The fourth-order valence-corrected chi connectivity index (χ4v) is 4.73. The topological polar surface area (TPSA) is 81.8 Å². The van der Waals surface area contributed by atoms with Crippen LogP contribution in [0.3, 0.4) is 0 Å². The molecular formula is C21H27ClN4O3S. The Kier molecular flexibility index (Phi) is 6.90. The number of amides is 1. The molecule has 1 amide bonds. The molecule has 1 aliphatic rings. The molecule has 0 radical (unpaired) electrons. The van der Waals surface area contributed by atoms with Crippen LogP contribution in [0.1, 0.15) is 18.4 Å². The van der Waals surface area contributed by atoms with Crippen LogP contribution in [0, 0.1) is 6.92 Å². The maximum absolute atomic E-state index is 12.5. The van der Waals surface area contributed by atoms with E-state index in [-0.39, 0.29) is 17.3 Å². The molecule has 2 N–H and O–H groups in total. The van der Waals surface area contributed by atoms with Crippen LogP contribution in [-0.2, 0) is 14.8 Å². The van der Waals surface area contributed by atoms with E-state index in [4.69, 9.17) is 11.6 Å². The first-order valence-corrected chi connectivity index (χ1v) is 11.6. The summed E-state index contributed by atoms with van der Waals surface area (Å²) < 4.78 is 26.1. The quantitative estimate of drug-likeness (QED) is 0.674. The van der Waals surface area contributed by atoms with E-state index in [0.717, 1.165) is 41.6 Å². The average molecular weight is 451 g/mol. The van der Waals surface area contributed by atoms with Crippen molar-refractivity contribution in [3.63, 3.8) is 0 Å². The van der Waals surface area contributed by atoms with Crippen molar-refractivity contribution >= 4 is 44.6 Å². The summed E-state index contributed by atoms with van der Waals surface area (Å²) in [6, 6.07) is 10.5. The number of sulfonamides is 1. The van der Waals surface area contributed by atoms with Gasteiger partial charge < -0.3 is 15.5 Å². The van der Waals surface area contributed by atoms with Gasteiger partial charge in [-0.05, 0) is 55.7 Å². The highest BCUT2D eigenvalue weighted by molar-refractivity contribution is 7.89. The van der Waals surface area contributed by atoms with E-state index in [9.17, 15) is 13.2 Å². The Bertz CT molecular complexity index is 1030. The standard InChI is InChI=1S/C21H27ClN4O3S/c1-15-6-8-17(13-20(15)30(28,29)25(2)3)24-21(27)14-23-18-12-16(22)7-9-19(18)26-10-4-5-11-26/h6-9,12-13,23H,4-5,10-11,14H2,1-3H3,(H,24,27). The summed E-state index contributed by atoms with van der Waals surface area (Å²) in [5, 5.41) is 6.52. The lowest BCUT2D eigenvalue weighted by atomic mass is 10.2. The maximum Gasteiger partial charge on any atom is 0.243 e. The Labute approximate surface area is 183 Å². The zero-order valence-corrected chi connectivity index (χ0v) is 19.0. The summed E-state index contributed by atoms with van der Waals surface area (Å²) in [6.45, 7) is 3.72. The SMILES string of the molecule is Cc1ccc(NC(=O)CNc2cc(Cl)ccc2N2CCCC2)cc1S(=O)(=O)N(C)C. The number of nitrogens with zero attached hydrogens (tertiary/aromatic N) is 2.